The summed E-state index contributed by atoms with van der Waals surface area (Å²) in [5.41, 5.74) is 0.0688. The summed E-state index contributed by atoms with van der Waals surface area (Å²) in [4.78, 5) is 20.8. The van der Waals surface area contributed by atoms with E-state index in [0.717, 1.165) is 19.3 Å². The third-order valence-corrected chi connectivity index (χ3v) is 2.98. The number of amides is 1. The summed E-state index contributed by atoms with van der Waals surface area (Å²) in [5, 5.41) is 11.2. The molecule has 0 radical (unpaired) electrons. The van der Waals surface area contributed by atoms with E-state index in [1.165, 1.54) is 0 Å². The SMILES string of the molecule is CCC1(C(CC(=O)O)NC=O)CC1. The maximum Gasteiger partial charge on any atom is 0.305 e. The predicted octanol–water partition coefficient (Wildman–Crippen LogP) is 0.766. The van der Waals surface area contributed by atoms with Crippen LogP contribution in [0.2, 0.25) is 0 Å². The molecule has 1 unspecified atom stereocenters. The second-order valence-corrected chi connectivity index (χ2v) is 3.65. The fourth-order valence-corrected chi connectivity index (χ4v) is 1.82. The first-order valence-electron chi connectivity index (χ1n) is 4.56. The van der Waals surface area contributed by atoms with Crippen LogP contribution in [-0.2, 0) is 9.59 Å². The molecule has 1 saturated carbocycles. The van der Waals surface area contributed by atoms with Crippen LogP contribution >= 0.6 is 0 Å². The summed E-state index contributed by atoms with van der Waals surface area (Å²) in [6.45, 7) is 2.04. The Morgan fingerprint density at radius 2 is 2.31 bits per heavy atom. The van der Waals surface area contributed by atoms with Crippen LogP contribution in [0.4, 0.5) is 0 Å². The molecule has 1 aliphatic rings. The predicted molar refractivity (Wildman–Crippen MR) is 47.2 cm³/mol. The van der Waals surface area contributed by atoms with Crippen molar-refractivity contribution in [1.29, 1.82) is 0 Å². The van der Waals surface area contributed by atoms with Crippen LogP contribution in [-0.4, -0.2) is 23.5 Å². The summed E-state index contributed by atoms with van der Waals surface area (Å²) >= 11 is 0. The second kappa shape index (κ2) is 3.77. The number of carboxylic acids is 1. The van der Waals surface area contributed by atoms with Crippen LogP contribution in [0.3, 0.4) is 0 Å². The Bertz CT molecular complexity index is 211. The third-order valence-electron chi connectivity index (χ3n) is 2.98. The molecular weight excluding hydrogens is 170 g/mol. The van der Waals surface area contributed by atoms with Crippen molar-refractivity contribution in [1.82, 2.24) is 5.32 Å². The van der Waals surface area contributed by atoms with Gasteiger partial charge < -0.3 is 10.4 Å². The maximum absolute atomic E-state index is 10.5. The second-order valence-electron chi connectivity index (χ2n) is 3.65. The van der Waals surface area contributed by atoms with Gasteiger partial charge >= 0.3 is 5.97 Å². The van der Waals surface area contributed by atoms with Crippen LogP contribution in [0, 0.1) is 5.41 Å². The molecule has 1 atom stereocenters. The van der Waals surface area contributed by atoms with E-state index >= 15 is 0 Å². The van der Waals surface area contributed by atoms with Crippen LogP contribution in [0.25, 0.3) is 0 Å². The van der Waals surface area contributed by atoms with Gasteiger partial charge in [-0.25, -0.2) is 0 Å². The average Bonchev–Trinajstić information content (AvgIpc) is 2.83. The standard InChI is InChI=1S/C9H15NO3/c1-2-9(3-4-9)7(10-6-11)5-8(12)13/h6-7H,2-5H2,1H3,(H,10,11)(H,12,13). The van der Waals surface area contributed by atoms with Crippen molar-refractivity contribution in [2.45, 2.75) is 38.6 Å². The van der Waals surface area contributed by atoms with Gasteiger partial charge in [0, 0.05) is 6.04 Å². The maximum atomic E-state index is 10.5. The molecule has 74 valence electrons. The van der Waals surface area contributed by atoms with Crippen LogP contribution in [0.5, 0.6) is 0 Å². The molecule has 0 aromatic carbocycles. The van der Waals surface area contributed by atoms with Gasteiger partial charge in [0.05, 0.1) is 6.42 Å². The van der Waals surface area contributed by atoms with Gasteiger partial charge in [-0.1, -0.05) is 6.92 Å². The molecule has 1 aliphatic carbocycles. The van der Waals surface area contributed by atoms with E-state index in [4.69, 9.17) is 5.11 Å². The van der Waals surface area contributed by atoms with Crippen molar-refractivity contribution in [3.8, 4) is 0 Å². The molecule has 0 saturated heterocycles. The summed E-state index contributed by atoms with van der Waals surface area (Å²) in [6.07, 6.45) is 3.63. The van der Waals surface area contributed by atoms with E-state index in [0.29, 0.717) is 6.41 Å². The van der Waals surface area contributed by atoms with E-state index in [9.17, 15) is 9.59 Å². The lowest BCUT2D eigenvalue weighted by Crippen LogP contribution is -2.38. The largest absolute Gasteiger partial charge is 0.481 e. The van der Waals surface area contributed by atoms with Gasteiger partial charge in [0.2, 0.25) is 6.41 Å². The van der Waals surface area contributed by atoms with Crippen molar-refractivity contribution in [3.05, 3.63) is 0 Å². The lowest BCUT2D eigenvalue weighted by atomic mass is 9.91. The normalized spacial score (nSPS) is 20.4. The molecule has 4 nitrogen and oxygen atoms in total. The molecule has 0 spiro atoms. The zero-order chi connectivity index (χ0) is 9.90. The minimum atomic E-state index is -0.848. The highest BCUT2D eigenvalue weighted by molar-refractivity contribution is 5.68. The molecule has 13 heavy (non-hydrogen) atoms. The van der Waals surface area contributed by atoms with Gasteiger partial charge in [0.25, 0.3) is 0 Å². The van der Waals surface area contributed by atoms with Crippen LogP contribution in [0.1, 0.15) is 32.6 Å². The minimum Gasteiger partial charge on any atom is -0.481 e. The Labute approximate surface area is 77.3 Å². The number of carbonyl (C=O) groups is 2. The molecule has 0 aliphatic heterocycles. The molecule has 0 heterocycles. The molecule has 1 amide bonds. The molecule has 4 heteroatoms. The highest BCUT2D eigenvalue weighted by Crippen LogP contribution is 2.52. The van der Waals surface area contributed by atoms with E-state index < -0.39 is 5.97 Å². The fourth-order valence-electron chi connectivity index (χ4n) is 1.82. The van der Waals surface area contributed by atoms with Crippen molar-refractivity contribution >= 4 is 12.4 Å². The van der Waals surface area contributed by atoms with Gasteiger partial charge in [-0.05, 0) is 24.7 Å². The molecule has 1 fully saturated rings. The lowest BCUT2D eigenvalue weighted by molar-refractivity contribution is -0.138. The number of carboxylic acid groups (broad SMARTS) is 1. The van der Waals surface area contributed by atoms with Crippen molar-refractivity contribution in [3.63, 3.8) is 0 Å². The summed E-state index contributed by atoms with van der Waals surface area (Å²) < 4.78 is 0. The molecule has 0 aromatic heterocycles. The Kier molecular flexibility index (Phi) is 2.90. The molecule has 1 rings (SSSR count). The van der Waals surface area contributed by atoms with E-state index in [1.54, 1.807) is 0 Å². The van der Waals surface area contributed by atoms with Gasteiger partial charge in [-0.3, -0.25) is 9.59 Å². The van der Waals surface area contributed by atoms with Crippen LogP contribution in [0.15, 0.2) is 0 Å². The number of hydrogen-bond acceptors (Lipinski definition) is 2. The first-order valence-corrected chi connectivity index (χ1v) is 4.56. The minimum absolute atomic E-state index is 0.0343. The van der Waals surface area contributed by atoms with Gasteiger partial charge in [0.1, 0.15) is 0 Å². The summed E-state index contributed by atoms with van der Waals surface area (Å²) in [5.74, 6) is -0.848. The molecule has 0 bridgehead atoms. The average molecular weight is 185 g/mol. The summed E-state index contributed by atoms with van der Waals surface area (Å²) in [6, 6.07) is -0.188. The van der Waals surface area contributed by atoms with Gasteiger partial charge in [-0.15, -0.1) is 0 Å². The Balaban J connectivity index is 2.56. The van der Waals surface area contributed by atoms with E-state index in [1.807, 2.05) is 6.92 Å². The quantitative estimate of drug-likeness (QED) is 0.600. The highest BCUT2D eigenvalue weighted by atomic mass is 16.4. The molecule has 2 N–H and O–H groups in total. The number of carbonyl (C=O) groups excluding carboxylic acids is 1. The number of rotatable bonds is 6. The number of hydrogen-bond donors (Lipinski definition) is 2. The summed E-state index contributed by atoms with van der Waals surface area (Å²) in [7, 11) is 0. The van der Waals surface area contributed by atoms with E-state index in [-0.39, 0.29) is 17.9 Å². The Morgan fingerprint density at radius 3 is 2.62 bits per heavy atom. The topological polar surface area (TPSA) is 66.4 Å². The van der Waals surface area contributed by atoms with Crippen molar-refractivity contribution < 1.29 is 14.7 Å². The smallest absolute Gasteiger partial charge is 0.305 e. The van der Waals surface area contributed by atoms with Gasteiger partial charge in [0.15, 0.2) is 0 Å². The highest BCUT2D eigenvalue weighted by Gasteiger charge is 2.48. The molecular formula is C9H15NO3. The van der Waals surface area contributed by atoms with Crippen molar-refractivity contribution in [2.24, 2.45) is 5.41 Å². The zero-order valence-corrected chi connectivity index (χ0v) is 7.75. The van der Waals surface area contributed by atoms with Gasteiger partial charge in [-0.2, -0.15) is 0 Å². The molecule has 0 aromatic rings. The number of aliphatic carboxylic acids is 1. The third kappa shape index (κ3) is 2.20. The Hall–Kier alpha value is -1.06. The van der Waals surface area contributed by atoms with E-state index in [2.05, 4.69) is 5.32 Å². The Morgan fingerprint density at radius 1 is 1.69 bits per heavy atom. The lowest BCUT2D eigenvalue weighted by Gasteiger charge is -2.23. The first-order chi connectivity index (χ1) is 6.14. The fraction of sp³-hybridized carbons (Fsp3) is 0.778. The number of nitrogens with one attached hydrogen (secondary N) is 1. The monoisotopic (exact) mass is 185 g/mol. The van der Waals surface area contributed by atoms with Crippen molar-refractivity contribution in [2.75, 3.05) is 0 Å². The first kappa shape index (κ1) is 10.0. The zero-order valence-electron chi connectivity index (χ0n) is 7.75. The van der Waals surface area contributed by atoms with Crippen LogP contribution < -0.4 is 5.32 Å².